The number of allylic oxidation sites excluding steroid dienone is 4. The predicted molar refractivity (Wildman–Crippen MR) is 222 cm³/mol. The Balaban J connectivity index is 1.08. The molecule has 0 saturated carbocycles. The van der Waals surface area contributed by atoms with E-state index in [0.29, 0.717) is 17.5 Å². The molecule has 3 heteroatoms. The van der Waals surface area contributed by atoms with Crippen LogP contribution in [-0.4, -0.2) is 15.0 Å². The molecule has 1 aliphatic carbocycles. The van der Waals surface area contributed by atoms with Crippen LogP contribution in [-0.2, 0) is 5.41 Å². The molecule has 1 heterocycles. The number of hydrogen-bond donors (Lipinski definition) is 0. The van der Waals surface area contributed by atoms with Crippen molar-refractivity contribution >= 4 is 5.57 Å². The summed E-state index contributed by atoms with van der Waals surface area (Å²) in [5, 5.41) is 0. The summed E-state index contributed by atoms with van der Waals surface area (Å²) < 4.78 is 0. The Morgan fingerprint density at radius 3 is 1.33 bits per heavy atom. The van der Waals surface area contributed by atoms with E-state index in [0.717, 1.165) is 34.2 Å². The van der Waals surface area contributed by atoms with Crippen LogP contribution in [0.2, 0.25) is 0 Å². The highest BCUT2D eigenvalue weighted by atomic mass is 15.0. The van der Waals surface area contributed by atoms with Gasteiger partial charge in [-0.2, -0.15) is 0 Å². The Bertz CT molecular complexity index is 2550. The van der Waals surface area contributed by atoms with Gasteiger partial charge in [0.05, 0.1) is 0 Å². The fraction of sp³-hybridized carbons (Fsp3) is 0.0392. The molecule has 0 saturated heterocycles. The van der Waals surface area contributed by atoms with Gasteiger partial charge in [0, 0.05) is 22.1 Å². The molecule has 7 aromatic carbocycles. The Morgan fingerprint density at radius 1 is 0.333 bits per heavy atom. The van der Waals surface area contributed by atoms with E-state index in [9.17, 15) is 0 Å². The van der Waals surface area contributed by atoms with Gasteiger partial charge in [-0.25, -0.2) is 15.0 Å². The molecular formula is C51H37N3. The van der Waals surface area contributed by atoms with Crippen molar-refractivity contribution in [1.29, 1.82) is 0 Å². The van der Waals surface area contributed by atoms with Gasteiger partial charge >= 0.3 is 0 Å². The third-order valence-corrected chi connectivity index (χ3v) is 10.3. The molecule has 3 nitrogen and oxygen atoms in total. The molecule has 54 heavy (non-hydrogen) atoms. The Hall–Kier alpha value is -6.97. The minimum absolute atomic E-state index is 0.322. The average Bonchev–Trinajstić information content (AvgIpc) is 3.27. The molecule has 0 N–H and O–H groups in total. The molecule has 1 atom stereocenters. The van der Waals surface area contributed by atoms with E-state index in [4.69, 9.17) is 15.0 Å². The number of rotatable bonds is 8. The zero-order valence-corrected chi connectivity index (χ0v) is 29.8. The van der Waals surface area contributed by atoms with Gasteiger partial charge in [-0.3, -0.25) is 0 Å². The van der Waals surface area contributed by atoms with E-state index in [2.05, 4.69) is 152 Å². The van der Waals surface area contributed by atoms with Crippen LogP contribution in [0.1, 0.15) is 23.1 Å². The van der Waals surface area contributed by atoms with Crippen molar-refractivity contribution in [3.05, 3.63) is 229 Å². The molecule has 8 aromatic rings. The van der Waals surface area contributed by atoms with Gasteiger partial charge in [-0.05, 0) is 69.1 Å². The summed E-state index contributed by atoms with van der Waals surface area (Å²) in [7, 11) is 0. The Labute approximate surface area is 316 Å². The molecule has 0 spiro atoms. The summed E-state index contributed by atoms with van der Waals surface area (Å²) >= 11 is 0. The van der Waals surface area contributed by atoms with Gasteiger partial charge in [0.1, 0.15) is 0 Å². The van der Waals surface area contributed by atoms with E-state index < -0.39 is 0 Å². The van der Waals surface area contributed by atoms with Crippen LogP contribution in [0.4, 0.5) is 0 Å². The number of nitrogens with zero attached hydrogens (tertiary/aromatic N) is 3. The zero-order valence-electron chi connectivity index (χ0n) is 29.8. The first-order valence-electron chi connectivity index (χ1n) is 18.4. The van der Waals surface area contributed by atoms with Crippen molar-refractivity contribution in [3.8, 4) is 56.4 Å². The highest BCUT2D eigenvalue weighted by Crippen LogP contribution is 2.45. The molecule has 1 aliphatic rings. The maximum Gasteiger partial charge on any atom is 0.164 e. The average molecular weight is 692 g/mol. The highest BCUT2D eigenvalue weighted by Gasteiger charge is 2.34. The highest BCUT2D eigenvalue weighted by molar-refractivity contribution is 5.79. The number of aromatic nitrogens is 3. The van der Waals surface area contributed by atoms with E-state index in [-0.39, 0.29) is 5.41 Å². The molecule has 1 aromatic heterocycles. The summed E-state index contributed by atoms with van der Waals surface area (Å²) in [6, 6.07) is 68.3. The summed E-state index contributed by atoms with van der Waals surface area (Å²) in [6.45, 7) is 0. The van der Waals surface area contributed by atoms with Crippen LogP contribution < -0.4 is 0 Å². The second-order valence-corrected chi connectivity index (χ2v) is 13.7. The summed E-state index contributed by atoms with van der Waals surface area (Å²) in [5.41, 5.74) is 12.3. The van der Waals surface area contributed by atoms with Crippen LogP contribution >= 0.6 is 0 Å². The largest absolute Gasteiger partial charge is 0.208 e. The van der Waals surface area contributed by atoms with Crippen molar-refractivity contribution < 1.29 is 0 Å². The van der Waals surface area contributed by atoms with E-state index >= 15 is 0 Å². The van der Waals surface area contributed by atoms with E-state index in [1.54, 1.807) is 0 Å². The molecule has 0 radical (unpaired) electrons. The van der Waals surface area contributed by atoms with Gasteiger partial charge in [-0.15, -0.1) is 0 Å². The normalized spacial score (nSPS) is 15.1. The molecule has 0 amide bonds. The maximum atomic E-state index is 4.99. The second-order valence-electron chi connectivity index (χ2n) is 13.7. The third kappa shape index (κ3) is 6.60. The lowest BCUT2D eigenvalue weighted by Gasteiger charge is -2.36. The molecule has 256 valence electrons. The lowest BCUT2D eigenvalue weighted by molar-refractivity contribution is 0.658. The zero-order chi connectivity index (χ0) is 36.2. The summed E-state index contributed by atoms with van der Waals surface area (Å²) in [4.78, 5) is 14.9. The topological polar surface area (TPSA) is 38.7 Å². The summed E-state index contributed by atoms with van der Waals surface area (Å²) in [6.07, 6.45) is 7.73. The van der Waals surface area contributed by atoms with Crippen LogP contribution in [0.5, 0.6) is 0 Å². The standard InChI is InChI=1S/C51H37N3/c1-5-17-37(18-6-1)43-26-15-31-47(35-43)51(46-29-11-4-12-30-46)32-16-28-45(36-51)42-25-13-23-40(33-42)41-24-14-27-44(34-41)50-53-48(38-19-7-2-8-20-38)52-49(54-50)39-21-9-3-10-22-39/h1-35H,36H2. The smallest absolute Gasteiger partial charge is 0.164 e. The van der Waals surface area contributed by atoms with Crippen molar-refractivity contribution in [2.75, 3.05) is 0 Å². The van der Waals surface area contributed by atoms with Crippen molar-refractivity contribution in [3.63, 3.8) is 0 Å². The molecule has 1 unspecified atom stereocenters. The van der Waals surface area contributed by atoms with Crippen LogP contribution in [0.25, 0.3) is 62.0 Å². The van der Waals surface area contributed by atoms with Gasteiger partial charge in [0.2, 0.25) is 0 Å². The lowest BCUT2D eigenvalue weighted by Crippen LogP contribution is -2.27. The summed E-state index contributed by atoms with van der Waals surface area (Å²) in [5.74, 6) is 1.95. The quantitative estimate of drug-likeness (QED) is 0.159. The maximum absolute atomic E-state index is 4.99. The second kappa shape index (κ2) is 14.6. The third-order valence-electron chi connectivity index (χ3n) is 10.3. The molecule has 0 bridgehead atoms. The lowest BCUT2D eigenvalue weighted by atomic mass is 9.67. The van der Waals surface area contributed by atoms with Gasteiger partial charge in [0.15, 0.2) is 17.5 Å². The van der Waals surface area contributed by atoms with Crippen LogP contribution in [0.15, 0.2) is 212 Å². The van der Waals surface area contributed by atoms with Crippen molar-refractivity contribution in [1.82, 2.24) is 15.0 Å². The first kappa shape index (κ1) is 32.9. The fourth-order valence-corrected chi connectivity index (χ4v) is 7.52. The minimum Gasteiger partial charge on any atom is -0.208 e. The number of benzene rings is 7. The fourth-order valence-electron chi connectivity index (χ4n) is 7.52. The van der Waals surface area contributed by atoms with E-state index in [1.165, 1.54) is 33.4 Å². The van der Waals surface area contributed by atoms with Crippen molar-refractivity contribution in [2.24, 2.45) is 0 Å². The van der Waals surface area contributed by atoms with Crippen LogP contribution in [0.3, 0.4) is 0 Å². The first-order chi connectivity index (χ1) is 26.7. The molecule has 9 rings (SSSR count). The number of hydrogen-bond acceptors (Lipinski definition) is 3. The molecule has 0 aliphatic heterocycles. The SMILES string of the molecule is C1=CC(c2ccccc2)(c2cccc(-c3ccccc3)c2)CC(c2cccc(-c3cccc(-c4nc(-c5ccccc5)nc(-c5ccccc5)n4)c3)c2)=C1. The van der Waals surface area contributed by atoms with Gasteiger partial charge in [0.25, 0.3) is 0 Å². The monoisotopic (exact) mass is 691 g/mol. The Kier molecular flexibility index (Phi) is 8.88. The van der Waals surface area contributed by atoms with Crippen LogP contribution in [0, 0.1) is 0 Å². The van der Waals surface area contributed by atoms with Gasteiger partial charge < -0.3 is 0 Å². The Morgan fingerprint density at radius 2 is 0.741 bits per heavy atom. The van der Waals surface area contributed by atoms with E-state index in [1.807, 2.05) is 60.7 Å². The molecule has 0 fully saturated rings. The first-order valence-corrected chi connectivity index (χ1v) is 18.4. The van der Waals surface area contributed by atoms with Gasteiger partial charge in [-0.1, -0.05) is 194 Å². The van der Waals surface area contributed by atoms with Crippen molar-refractivity contribution in [2.45, 2.75) is 11.8 Å². The molecular weight excluding hydrogens is 655 g/mol. The minimum atomic E-state index is -0.322. The predicted octanol–water partition coefficient (Wildman–Crippen LogP) is 12.5.